The quantitative estimate of drug-likeness (QED) is 0.785. The van der Waals surface area contributed by atoms with Gasteiger partial charge in [0.1, 0.15) is 0 Å². The summed E-state index contributed by atoms with van der Waals surface area (Å²) in [6.45, 7) is 2.02. The predicted molar refractivity (Wildman–Crippen MR) is 49.2 cm³/mol. The van der Waals surface area contributed by atoms with Crippen molar-refractivity contribution < 1.29 is 9.90 Å². The van der Waals surface area contributed by atoms with Crippen LogP contribution in [0.3, 0.4) is 0 Å². The number of carboxylic acids is 1. The molecule has 1 N–H and O–H groups in total. The first-order valence-corrected chi connectivity index (χ1v) is 4.91. The fraction of sp³-hybridized carbons (Fsp3) is 0.667. The Bertz CT molecular complexity index is 355. The van der Waals surface area contributed by atoms with Gasteiger partial charge in [0.15, 0.2) is 5.69 Å². The molecule has 1 aliphatic rings. The van der Waals surface area contributed by atoms with E-state index < -0.39 is 5.97 Å². The average Bonchev–Trinajstić information content (AvgIpc) is 2.89. The van der Waals surface area contributed by atoms with Crippen molar-refractivity contribution in [3.63, 3.8) is 0 Å². The Kier molecular flexibility index (Phi) is 2.23. The highest BCUT2D eigenvalue weighted by molar-refractivity contribution is 5.86. The normalized spacial score (nSPS) is 15.8. The maximum atomic E-state index is 10.8. The molecular formula is C9H13N3O2. The maximum Gasteiger partial charge on any atom is 0.358 e. The van der Waals surface area contributed by atoms with Gasteiger partial charge in [-0.2, -0.15) is 0 Å². The lowest BCUT2D eigenvalue weighted by Gasteiger charge is -2.02. The fourth-order valence-corrected chi connectivity index (χ4v) is 1.56. The molecule has 0 atom stereocenters. The minimum atomic E-state index is -0.972. The van der Waals surface area contributed by atoms with Crippen LogP contribution in [-0.4, -0.2) is 26.1 Å². The van der Waals surface area contributed by atoms with Crippen LogP contribution in [0.5, 0.6) is 0 Å². The highest BCUT2D eigenvalue weighted by atomic mass is 16.4. The van der Waals surface area contributed by atoms with Crippen LogP contribution < -0.4 is 0 Å². The summed E-state index contributed by atoms with van der Waals surface area (Å²) >= 11 is 0. The van der Waals surface area contributed by atoms with Gasteiger partial charge in [0.25, 0.3) is 0 Å². The standard InChI is InChI=1S/C9H13N3O2/c1-2-3-7-8(9(13)14)10-11-12(7)6-4-5-6/h6H,2-5H2,1H3,(H,13,14). The second-order valence-corrected chi connectivity index (χ2v) is 3.62. The lowest BCUT2D eigenvalue weighted by molar-refractivity contribution is 0.0689. The summed E-state index contributed by atoms with van der Waals surface area (Å²) in [7, 11) is 0. The lowest BCUT2D eigenvalue weighted by atomic mass is 10.2. The van der Waals surface area contributed by atoms with Gasteiger partial charge in [0, 0.05) is 0 Å². The summed E-state index contributed by atoms with van der Waals surface area (Å²) in [6.07, 6.45) is 3.85. The van der Waals surface area contributed by atoms with Crippen molar-refractivity contribution in [3.8, 4) is 0 Å². The summed E-state index contributed by atoms with van der Waals surface area (Å²) in [6, 6.07) is 0.400. The molecule has 5 heteroatoms. The highest BCUT2D eigenvalue weighted by Crippen LogP contribution is 2.35. The van der Waals surface area contributed by atoms with Gasteiger partial charge >= 0.3 is 5.97 Å². The minimum absolute atomic E-state index is 0.124. The third-order valence-electron chi connectivity index (χ3n) is 2.37. The van der Waals surface area contributed by atoms with E-state index in [0.29, 0.717) is 6.04 Å². The van der Waals surface area contributed by atoms with Crippen molar-refractivity contribution in [1.82, 2.24) is 15.0 Å². The van der Waals surface area contributed by atoms with E-state index in [1.54, 1.807) is 4.68 Å². The Morgan fingerprint density at radius 3 is 2.86 bits per heavy atom. The van der Waals surface area contributed by atoms with Crippen molar-refractivity contribution in [3.05, 3.63) is 11.4 Å². The van der Waals surface area contributed by atoms with E-state index in [2.05, 4.69) is 10.3 Å². The molecular weight excluding hydrogens is 182 g/mol. The van der Waals surface area contributed by atoms with Crippen LogP contribution in [0.4, 0.5) is 0 Å². The third kappa shape index (κ3) is 1.49. The molecule has 0 amide bonds. The number of rotatable bonds is 4. The largest absolute Gasteiger partial charge is 0.476 e. The minimum Gasteiger partial charge on any atom is -0.476 e. The Labute approximate surface area is 81.7 Å². The lowest BCUT2D eigenvalue weighted by Crippen LogP contribution is -2.06. The molecule has 1 saturated carbocycles. The summed E-state index contributed by atoms with van der Waals surface area (Å²) in [5, 5.41) is 16.5. The summed E-state index contributed by atoms with van der Waals surface area (Å²) in [5.74, 6) is -0.972. The third-order valence-corrected chi connectivity index (χ3v) is 2.37. The van der Waals surface area contributed by atoms with E-state index >= 15 is 0 Å². The van der Waals surface area contributed by atoms with Crippen LogP contribution in [0, 0.1) is 0 Å². The molecule has 1 aromatic heterocycles. The van der Waals surface area contributed by atoms with Gasteiger partial charge in [-0.25, -0.2) is 9.48 Å². The maximum absolute atomic E-state index is 10.8. The van der Waals surface area contributed by atoms with E-state index in [-0.39, 0.29) is 5.69 Å². The smallest absolute Gasteiger partial charge is 0.358 e. The van der Waals surface area contributed by atoms with Crippen LogP contribution in [-0.2, 0) is 6.42 Å². The van der Waals surface area contributed by atoms with Crippen molar-refractivity contribution >= 4 is 5.97 Å². The molecule has 76 valence electrons. The zero-order valence-corrected chi connectivity index (χ0v) is 8.10. The first kappa shape index (κ1) is 9.18. The van der Waals surface area contributed by atoms with E-state index in [9.17, 15) is 4.79 Å². The molecule has 0 radical (unpaired) electrons. The Balaban J connectivity index is 2.35. The molecule has 0 aliphatic heterocycles. The van der Waals surface area contributed by atoms with Crippen LogP contribution >= 0.6 is 0 Å². The Morgan fingerprint density at radius 1 is 1.64 bits per heavy atom. The molecule has 0 aromatic carbocycles. The van der Waals surface area contributed by atoms with Gasteiger partial charge in [-0.1, -0.05) is 18.6 Å². The van der Waals surface area contributed by atoms with E-state index in [1.165, 1.54) is 0 Å². The van der Waals surface area contributed by atoms with E-state index in [1.807, 2.05) is 6.92 Å². The highest BCUT2D eigenvalue weighted by Gasteiger charge is 2.29. The van der Waals surface area contributed by atoms with Gasteiger partial charge in [-0.15, -0.1) is 5.10 Å². The Hall–Kier alpha value is -1.39. The van der Waals surface area contributed by atoms with Crippen molar-refractivity contribution in [2.45, 2.75) is 38.6 Å². The number of carbonyl (C=O) groups is 1. The number of carboxylic acid groups (broad SMARTS) is 1. The zero-order chi connectivity index (χ0) is 10.1. The number of hydrogen-bond acceptors (Lipinski definition) is 3. The van der Waals surface area contributed by atoms with E-state index in [4.69, 9.17) is 5.11 Å². The topological polar surface area (TPSA) is 68.0 Å². The SMILES string of the molecule is CCCc1c(C(=O)O)nnn1C1CC1. The van der Waals surface area contributed by atoms with E-state index in [0.717, 1.165) is 31.4 Å². The van der Waals surface area contributed by atoms with Gasteiger partial charge < -0.3 is 5.11 Å². The van der Waals surface area contributed by atoms with Crippen LogP contribution in [0.15, 0.2) is 0 Å². The second-order valence-electron chi connectivity index (χ2n) is 3.62. The van der Waals surface area contributed by atoms with Gasteiger partial charge in [-0.3, -0.25) is 0 Å². The van der Waals surface area contributed by atoms with Crippen molar-refractivity contribution in [2.75, 3.05) is 0 Å². The van der Waals surface area contributed by atoms with Crippen molar-refractivity contribution in [2.24, 2.45) is 0 Å². The first-order valence-electron chi connectivity index (χ1n) is 4.91. The molecule has 0 bridgehead atoms. The number of aromatic nitrogens is 3. The molecule has 1 fully saturated rings. The zero-order valence-electron chi connectivity index (χ0n) is 8.10. The molecule has 0 saturated heterocycles. The van der Waals surface area contributed by atoms with Gasteiger partial charge in [0.2, 0.25) is 0 Å². The van der Waals surface area contributed by atoms with Crippen molar-refractivity contribution in [1.29, 1.82) is 0 Å². The molecule has 1 aromatic rings. The number of hydrogen-bond donors (Lipinski definition) is 1. The van der Waals surface area contributed by atoms with Gasteiger partial charge in [-0.05, 0) is 19.3 Å². The average molecular weight is 195 g/mol. The fourth-order valence-electron chi connectivity index (χ4n) is 1.56. The summed E-state index contributed by atoms with van der Waals surface area (Å²) < 4.78 is 1.78. The molecule has 14 heavy (non-hydrogen) atoms. The molecule has 1 aliphatic carbocycles. The number of aromatic carboxylic acids is 1. The monoisotopic (exact) mass is 195 g/mol. The second kappa shape index (κ2) is 3.40. The van der Waals surface area contributed by atoms with Crippen LogP contribution in [0.2, 0.25) is 0 Å². The predicted octanol–water partition coefficient (Wildman–Crippen LogP) is 1.26. The molecule has 2 rings (SSSR count). The number of nitrogens with zero attached hydrogens (tertiary/aromatic N) is 3. The molecule has 1 heterocycles. The molecule has 0 spiro atoms. The Morgan fingerprint density at radius 2 is 2.36 bits per heavy atom. The first-order chi connectivity index (χ1) is 6.74. The summed E-state index contributed by atoms with van der Waals surface area (Å²) in [4.78, 5) is 10.8. The summed E-state index contributed by atoms with van der Waals surface area (Å²) in [5.41, 5.74) is 0.904. The molecule has 0 unspecified atom stereocenters. The van der Waals surface area contributed by atoms with Crippen LogP contribution in [0.1, 0.15) is 48.4 Å². The van der Waals surface area contributed by atoms with Crippen LogP contribution in [0.25, 0.3) is 0 Å². The van der Waals surface area contributed by atoms with Gasteiger partial charge in [0.05, 0.1) is 11.7 Å². The molecule has 5 nitrogen and oxygen atoms in total.